The number of aromatic nitrogens is 2. The number of unbranched alkanes of at least 4 members (excludes halogenated alkanes) is 6. The zero-order valence-corrected chi connectivity index (χ0v) is 12.8. The molecule has 2 aromatic heterocycles. The summed E-state index contributed by atoms with van der Waals surface area (Å²) in [6, 6.07) is 6.40. The Kier molecular flexibility index (Phi) is 8.31. The third-order valence-corrected chi connectivity index (χ3v) is 3.62. The molecule has 20 heavy (non-hydrogen) atoms. The highest BCUT2D eigenvalue weighted by atomic mass is 35.5. The lowest BCUT2D eigenvalue weighted by Crippen LogP contribution is -1.95. The predicted molar refractivity (Wildman–Crippen MR) is 85.5 cm³/mol. The Bertz CT molecular complexity index is 484. The van der Waals surface area contributed by atoms with E-state index in [9.17, 15) is 0 Å². The molecule has 0 aliphatic heterocycles. The predicted octanol–water partition coefficient (Wildman–Crippen LogP) is 4.02. The van der Waals surface area contributed by atoms with E-state index in [4.69, 9.17) is 5.11 Å². The van der Waals surface area contributed by atoms with Gasteiger partial charge in [-0.1, -0.05) is 38.2 Å². The standard InChI is InChI=1S/C16H24N2O.ClH/c19-12-7-5-3-1-2-4-6-9-15-10-8-11-16-13-17-14-18(15)16;/h8,10-11,13-14,19H,1-7,9,12H2;1H. The molecule has 0 saturated carbocycles. The maximum Gasteiger partial charge on any atom is 0.0994 e. The zero-order chi connectivity index (χ0) is 13.3. The van der Waals surface area contributed by atoms with Gasteiger partial charge in [0.05, 0.1) is 18.0 Å². The molecule has 0 spiro atoms. The van der Waals surface area contributed by atoms with Gasteiger partial charge in [0.2, 0.25) is 0 Å². The molecule has 0 saturated heterocycles. The lowest BCUT2D eigenvalue weighted by atomic mass is 10.1. The van der Waals surface area contributed by atoms with Crippen molar-refractivity contribution in [3.8, 4) is 0 Å². The number of halogens is 1. The summed E-state index contributed by atoms with van der Waals surface area (Å²) in [6.45, 7) is 0.342. The van der Waals surface area contributed by atoms with Crippen molar-refractivity contribution in [3.05, 3.63) is 36.4 Å². The van der Waals surface area contributed by atoms with Crippen LogP contribution in [0.25, 0.3) is 5.52 Å². The summed E-state index contributed by atoms with van der Waals surface area (Å²) >= 11 is 0. The molecule has 2 heterocycles. The van der Waals surface area contributed by atoms with E-state index in [0.717, 1.165) is 12.8 Å². The molecule has 0 atom stereocenters. The molecule has 3 nitrogen and oxygen atoms in total. The fourth-order valence-electron chi connectivity index (χ4n) is 2.51. The number of nitrogens with zero attached hydrogens (tertiary/aromatic N) is 2. The molecule has 1 N–H and O–H groups in total. The molecule has 0 radical (unpaired) electrons. The van der Waals surface area contributed by atoms with Crippen LogP contribution < -0.4 is 0 Å². The number of hydrogen-bond acceptors (Lipinski definition) is 2. The van der Waals surface area contributed by atoms with Crippen molar-refractivity contribution in [2.24, 2.45) is 0 Å². The van der Waals surface area contributed by atoms with Gasteiger partial charge >= 0.3 is 0 Å². The molecular weight excluding hydrogens is 272 g/mol. The number of hydrogen-bond donors (Lipinski definition) is 1. The number of rotatable bonds is 9. The van der Waals surface area contributed by atoms with Gasteiger partial charge in [0.25, 0.3) is 0 Å². The van der Waals surface area contributed by atoms with E-state index in [1.807, 2.05) is 12.5 Å². The summed E-state index contributed by atoms with van der Waals surface area (Å²) in [5.74, 6) is 0. The molecule has 0 aliphatic carbocycles. The molecule has 0 aliphatic rings. The maximum absolute atomic E-state index is 8.69. The van der Waals surface area contributed by atoms with Gasteiger partial charge in [0.15, 0.2) is 0 Å². The van der Waals surface area contributed by atoms with Crippen LogP contribution >= 0.6 is 12.4 Å². The first kappa shape index (κ1) is 17.0. The van der Waals surface area contributed by atoms with Gasteiger partial charge < -0.3 is 9.51 Å². The Labute approximate surface area is 127 Å². The van der Waals surface area contributed by atoms with Crippen LogP contribution in [-0.4, -0.2) is 21.1 Å². The van der Waals surface area contributed by atoms with Crippen molar-refractivity contribution in [2.45, 2.75) is 51.4 Å². The average molecular weight is 297 g/mol. The average Bonchev–Trinajstić information content (AvgIpc) is 2.91. The maximum atomic E-state index is 8.69. The van der Waals surface area contributed by atoms with Gasteiger partial charge in [0, 0.05) is 12.3 Å². The smallest absolute Gasteiger partial charge is 0.0994 e. The van der Waals surface area contributed by atoms with Crippen LogP contribution in [0.15, 0.2) is 30.7 Å². The van der Waals surface area contributed by atoms with E-state index in [-0.39, 0.29) is 12.4 Å². The van der Waals surface area contributed by atoms with Gasteiger partial charge in [0.1, 0.15) is 0 Å². The highest BCUT2D eigenvalue weighted by Crippen LogP contribution is 2.12. The number of aryl methyl sites for hydroxylation is 1. The second-order valence-corrected chi connectivity index (χ2v) is 5.15. The normalized spacial score (nSPS) is 10.7. The van der Waals surface area contributed by atoms with Crippen LogP contribution in [0.4, 0.5) is 0 Å². The van der Waals surface area contributed by atoms with Crippen molar-refractivity contribution in [1.82, 2.24) is 9.38 Å². The summed E-state index contributed by atoms with van der Waals surface area (Å²) < 4.78 is 2.18. The third-order valence-electron chi connectivity index (χ3n) is 3.62. The second kappa shape index (κ2) is 9.78. The number of aliphatic hydroxyl groups excluding tert-OH is 1. The van der Waals surface area contributed by atoms with Crippen LogP contribution in [0, 0.1) is 0 Å². The fraction of sp³-hybridized carbons (Fsp3) is 0.562. The van der Waals surface area contributed by atoms with E-state index in [1.54, 1.807) is 0 Å². The van der Waals surface area contributed by atoms with E-state index in [0.29, 0.717) is 6.61 Å². The van der Waals surface area contributed by atoms with E-state index in [2.05, 4.69) is 27.6 Å². The topological polar surface area (TPSA) is 37.5 Å². The Hall–Kier alpha value is -1.06. The van der Waals surface area contributed by atoms with Crippen LogP contribution in [0.5, 0.6) is 0 Å². The first-order valence-electron chi connectivity index (χ1n) is 7.42. The Morgan fingerprint density at radius 1 is 0.950 bits per heavy atom. The zero-order valence-electron chi connectivity index (χ0n) is 12.0. The van der Waals surface area contributed by atoms with Crippen LogP contribution in [0.3, 0.4) is 0 Å². The van der Waals surface area contributed by atoms with Gasteiger partial charge in [-0.3, -0.25) is 0 Å². The molecule has 2 rings (SSSR count). The van der Waals surface area contributed by atoms with Gasteiger partial charge in [-0.15, -0.1) is 12.4 Å². The molecule has 0 unspecified atom stereocenters. The second-order valence-electron chi connectivity index (χ2n) is 5.15. The summed E-state index contributed by atoms with van der Waals surface area (Å²) in [4.78, 5) is 4.19. The van der Waals surface area contributed by atoms with Crippen LogP contribution in [0.2, 0.25) is 0 Å². The molecule has 0 aromatic carbocycles. The number of pyridine rings is 1. The van der Waals surface area contributed by atoms with Crippen molar-refractivity contribution >= 4 is 17.9 Å². The molecular formula is C16H25ClN2O. The molecule has 0 amide bonds. The quantitative estimate of drug-likeness (QED) is 0.710. The Morgan fingerprint density at radius 3 is 2.40 bits per heavy atom. The van der Waals surface area contributed by atoms with E-state index < -0.39 is 0 Å². The number of imidazole rings is 1. The van der Waals surface area contributed by atoms with E-state index >= 15 is 0 Å². The highest BCUT2D eigenvalue weighted by molar-refractivity contribution is 5.85. The van der Waals surface area contributed by atoms with Crippen LogP contribution in [-0.2, 0) is 6.42 Å². The Balaban J connectivity index is 0.00000200. The minimum Gasteiger partial charge on any atom is -0.396 e. The summed E-state index contributed by atoms with van der Waals surface area (Å²) in [5.41, 5.74) is 2.54. The first-order chi connectivity index (χ1) is 9.42. The van der Waals surface area contributed by atoms with E-state index in [1.165, 1.54) is 49.7 Å². The van der Waals surface area contributed by atoms with Crippen molar-refractivity contribution in [2.75, 3.05) is 6.61 Å². The Morgan fingerprint density at radius 2 is 1.65 bits per heavy atom. The first-order valence-corrected chi connectivity index (χ1v) is 7.42. The van der Waals surface area contributed by atoms with Gasteiger partial charge in [-0.2, -0.15) is 0 Å². The summed E-state index contributed by atoms with van der Waals surface area (Å²) in [5, 5.41) is 8.69. The molecule has 112 valence electrons. The summed E-state index contributed by atoms with van der Waals surface area (Å²) in [7, 11) is 0. The lowest BCUT2D eigenvalue weighted by molar-refractivity contribution is 0.282. The van der Waals surface area contributed by atoms with Crippen LogP contribution in [0.1, 0.15) is 50.6 Å². The molecule has 0 bridgehead atoms. The van der Waals surface area contributed by atoms with Gasteiger partial charge in [-0.05, 0) is 31.4 Å². The van der Waals surface area contributed by atoms with Gasteiger partial charge in [-0.25, -0.2) is 4.98 Å². The highest BCUT2D eigenvalue weighted by Gasteiger charge is 2.00. The minimum absolute atomic E-state index is 0. The molecule has 4 heteroatoms. The SMILES string of the molecule is Cl.OCCCCCCCCCc1cccc2cncn12. The van der Waals surface area contributed by atoms with Crippen molar-refractivity contribution in [1.29, 1.82) is 0 Å². The largest absolute Gasteiger partial charge is 0.396 e. The molecule has 0 fully saturated rings. The third kappa shape index (κ3) is 5.14. The lowest BCUT2D eigenvalue weighted by Gasteiger charge is -2.05. The van der Waals surface area contributed by atoms with Crippen molar-refractivity contribution < 1.29 is 5.11 Å². The monoisotopic (exact) mass is 296 g/mol. The van der Waals surface area contributed by atoms with Crippen molar-refractivity contribution in [3.63, 3.8) is 0 Å². The number of fused-ring (bicyclic) bond motifs is 1. The minimum atomic E-state index is 0. The fourth-order valence-corrected chi connectivity index (χ4v) is 2.51. The summed E-state index contributed by atoms with van der Waals surface area (Å²) in [6.07, 6.45) is 13.5. The molecule has 2 aromatic rings. The number of aliphatic hydroxyl groups is 1.